The number of rotatable bonds is 7. The van der Waals surface area contributed by atoms with Gasteiger partial charge in [-0.3, -0.25) is 0 Å². The highest BCUT2D eigenvalue weighted by Crippen LogP contribution is 2.70. The molecule has 0 aromatic carbocycles. The molecule has 16 heteroatoms. The predicted octanol–water partition coefficient (Wildman–Crippen LogP) is 0.853. The number of aliphatic hydroxyl groups excluding tert-OH is 7. The summed E-state index contributed by atoms with van der Waals surface area (Å²) in [7, 11) is 0. The largest absolute Gasteiger partial charge is 0.393 e. The van der Waals surface area contributed by atoms with Gasteiger partial charge in [-0.25, -0.2) is 0 Å². The zero-order valence-electron chi connectivity index (χ0n) is 35.8. The zero-order valence-corrected chi connectivity index (χ0v) is 35.8. The van der Waals surface area contributed by atoms with E-state index in [4.69, 9.17) is 37.9 Å². The van der Waals surface area contributed by atoms with Crippen LogP contribution in [-0.4, -0.2) is 164 Å². The molecule has 25 unspecified atom stereocenters. The maximum atomic E-state index is 12.3. The lowest BCUT2D eigenvalue weighted by Gasteiger charge is -2.60. The lowest BCUT2D eigenvalue weighted by atomic mass is 9.46. The lowest BCUT2D eigenvalue weighted by molar-refractivity contribution is -0.336. The lowest BCUT2D eigenvalue weighted by Crippen LogP contribution is -2.61. The van der Waals surface area contributed by atoms with Crippen LogP contribution < -0.4 is 0 Å². The number of fused-ring (bicyclic) bond motifs is 7. The number of allylic oxidation sites excluding steroid dienone is 1. The molecule has 16 nitrogen and oxygen atoms in total. The smallest absolute Gasteiger partial charge is 0.187 e. The van der Waals surface area contributed by atoms with Crippen molar-refractivity contribution in [1.29, 1.82) is 0 Å². The van der Waals surface area contributed by atoms with Crippen LogP contribution in [0, 0.1) is 46.3 Å². The Hall–Kier alpha value is -0.900. The molecule has 3 saturated carbocycles. The second-order valence-electron chi connectivity index (χ2n) is 20.9. The molecule has 25 atom stereocenters. The number of aliphatic hydroxyl groups is 8. The standard InChI is InChI=1S/C44H70O16/c1-19-9-12-44(55-16-19)20(2)30-28(60-44)14-27-25-8-7-23-13-24(10-11-41(23,5)26(25)15-29(45)42(27,30)6)58-40-37(59-39-36(51)34(49)32(47)22(4)57-39)43(52,18-54-40)17-53-38-35(50)33(48)31(46)21(3)56-38/h7,19-22,24-40,45-52H,8-18H2,1-6H3. The summed E-state index contributed by atoms with van der Waals surface area (Å²) in [6.45, 7) is 12.1. The van der Waals surface area contributed by atoms with E-state index >= 15 is 0 Å². The molecule has 8 N–H and O–H groups in total. The van der Waals surface area contributed by atoms with E-state index in [2.05, 4.69) is 33.8 Å². The zero-order chi connectivity index (χ0) is 42.8. The third kappa shape index (κ3) is 6.92. The summed E-state index contributed by atoms with van der Waals surface area (Å²) in [5, 5.41) is 87.3. The minimum Gasteiger partial charge on any atom is -0.393 e. The van der Waals surface area contributed by atoms with Crippen LogP contribution in [0.2, 0.25) is 0 Å². The van der Waals surface area contributed by atoms with Crippen molar-refractivity contribution in [3.8, 4) is 0 Å². The number of ether oxygens (including phenoxy) is 8. The summed E-state index contributed by atoms with van der Waals surface area (Å²) in [6.07, 6.45) is -8.04. The molecule has 9 aliphatic rings. The van der Waals surface area contributed by atoms with Crippen LogP contribution in [0.15, 0.2) is 11.6 Å². The van der Waals surface area contributed by atoms with Gasteiger partial charge in [0, 0.05) is 23.7 Å². The van der Waals surface area contributed by atoms with Gasteiger partial charge in [0.05, 0.1) is 50.3 Å². The maximum Gasteiger partial charge on any atom is 0.187 e. The molecule has 1 spiro atoms. The van der Waals surface area contributed by atoms with Gasteiger partial charge >= 0.3 is 0 Å². The monoisotopic (exact) mass is 854 g/mol. The second-order valence-corrected chi connectivity index (χ2v) is 20.9. The van der Waals surface area contributed by atoms with Crippen LogP contribution in [0.5, 0.6) is 0 Å². The summed E-state index contributed by atoms with van der Waals surface area (Å²) in [6, 6.07) is 0. The summed E-state index contributed by atoms with van der Waals surface area (Å²) < 4.78 is 49.5. The number of hydrogen-bond acceptors (Lipinski definition) is 16. The molecule has 0 radical (unpaired) electrons. The van der Waals surface area contributed by atoms with E-state index in [9.17, 15) is 40.9 Å². The van der Waals surface area contributed by atoms with Gasteiger partial charge in [0.2, 0.25) is 0 Å². The van der Waals surface area contributed by atoms with Gasteiger partial charge in [0.1, 0.15) is 48.3 Å². The fourth-order valence-electron chi connectivity index (χ4n) is 13.6. The third-order valence-electron chi connectivity index (χ3n) is 17.4. The minimum atomic E-state index is -1.96. The fraction of sp³-hybridized carbons (Fsp3) is 0.955. The Morgan fingerprint density at radius 1 is 0.767 bits per heavy atom. The molecule has 0 aromatic rings. The van der Waals surface area contributed by atoms with E-state index in [-0.39, 0.29) is 47.4 Å². The van der Waals surface area contributed by atoms with Gasteiger partial charge in [-0.15, -0.1) is 0 Å². The van der Waals surface area contributed by atoms with Crippen LogP contribution in [0.4, 0.5) is 0 Å². The average molecular weight is 855 g/mol. The minimum absolute atomic E-state index is 0.0738. The Labute approximate surface area is 352 Å². The number of hydrogen-bond donors (Lipinski definition) is 8. The molecule has 5 heterocycles. The molecule has 342 valence electrons. The van der Waals surface area contributed by atoms with Gasteiger partial charge in [0.15, 0.2) is 24.7 Å². The molecule has 5 aliphatic heterocycles. The molecular weight excluding hydrogens is 784 g/mol. The Kier molecular flexibility index (Phi) is 11.8. The van der Waals surface area contributed by atoms with E-state index in [0.717, 1.165) is 38.5 Å². The summed E-state index contributed by atoms with van der Waals surface area (Å²) >= 11 is 0. The van der Waals surface area contributed by atoms with Crippen molar-refractivity contribution in [3.05, 3.63) is 11.6 Å². The SMILES string of the molecule is CC1CCC2(OC1)OC1CC3C4CC=C5CC(OC6OCC(O)(COC7OC(C)C(O)C(O)C7O)C6OC6OC(C)C(O)C(O)C6O)CCC5(C)C4CC(O)C3(C)C1C2C. The first-order valence-electron chi connectivity index (χ1n) is 22.7. The Morgan fingerprint density at radius 3 is 2.13 bits per heavy atom. The Balaban J connectivity index is 0.903. The van der Waals surface area contributed by atoms with Crippen molar-refractivity contribution in [1.82, 2.24) is 0 Å². The normalized spacial score (nSPS) is 59.0. The van der Waals surface area contributed by atoms with Crippen molar-refractivity contribution < 1.29 is 78.7 Å². The van der Waals surface area contributed by atoms with Crippen molar-refractivity contribution >= 4 is 0 Å². The second kappa shape index (κ2) is 15.9. The van der Waals surface area contributed by atoms with E-state index < -0.39 is 97.9 Å². The maximum absolute atomic E-state index is 12.3. The first kappa shape index (κ1) is 44.3. The van der Waals surface area contributed by atoms with E-state index in [1.807, 2.05) is 0 Å². The summed E-state index contributed by atoms with van der Waals surface area (Å²) in [5.41, 5.74) is -1.09. The van der Waals surface area contributed by atoms with Crippen molar-refractivity contribution in [2.75, 3.05) is 19.8 Å². The summed E-state index contributed by atoms with van der Waals surface area (Å²) in [5.74, 6) is 1.45. The predicted molar refractivity (Wildman–Crippen MR) is 208 cm³/mol. The molecule has 0 amide bonds. The Bertz CT molecular complexity index is 1590. The first-order chi connectivity index (χ1) is 28.3. The first-order valence-corrected chi connectivity index (χ1v) is 22.7. The topological polar surface area (TPSA) is 236 Å². The van der Waals surface area contributed by atoms with Crippen LogP contribution in [0.1, 0.15) is 92.9 Å². The molecule has 0 aromatic heterocycles. The van der Waals surface area contributed by atoms with Crippen molar-refractivity contribution in [3.63, 3.8) is 0 Å². The highest BCUT2D eigenvalue weighted by molar-refractivity contribution is 5.27. The molecule has 0 bridgehead atoms. The highest BCUT2D eigenvalue weighted by Gasteiger charge is 2.71. The Morgan fingerprint density at radius 2 is 1.45 bits per heavy atom. The van der Waals surface area contributed by atoms with Crippen LogP contribution >= 0.6 is 0 Å². The quantitative estimate of drug-likeness (QED) is 0.166. The fourth-order valence-corrected chi connectivity index (χ4v) is 13.6. The van der Waals surface area contributed by atoms with Crippen molar-refractivity contribution in [2.24, 2.45) is 46.3 Å². The third-order valence-corrected chi connectivity index (χ3v) is 17.4. The van der Waals surface area contributed by atoms with Gasteiger partial charge in [-0.2, -0.15) is 0 Å². The average Bonchev–Trinajstić information content (AvgIpc) is 3.80. The van der Waals surface area contributed by atoms with Crippen LogP contribution in [-0.2, 0) is 37.9 Å². The van der Waals surface area contributed by atoms with Gasteiger partial charge in [-0.05, 0) is 87.9 Å². The highest BCUT2D eigenvalue weighted by atomic mass is 16.8. The van der Waals surface area contributed by atoms with Crippen LogP contribution in [0.3, 0.4) is 0 Å². The van der Waals surface area contributed by atoms with E-state index in [0.29, 0.717) is 37.2 Å². The molecule has 8 fully saturated rings. The van der Waals surface area contributed by atoms with Crippen LogP contribution in [0.25, 0.3) is 0 Å². The molecular formula is C44H70O16. The summed E-state index contributed by atoms with van der Waals surface area (Å²) in [4.78, 5) is 0. The molecule has 60 heavy (non-hydrogen) atoms. The molecule has 4 aliphatic carbocycles. The molecule has 9 rings (SSSR count). The molecule has 5 saturated heterocycles. The van der Waals surface area contributed by atoms with Gasteiger partial charge in [0.25, 0.3) is 0 Å². The van der Waals surface area contributed by atoms with Gasteiger partial charge in [-0.1, -0.05) is 39.3 Å². The van der Waals surface area contributed by atoms with Gasteiger partial charge < -0.3 is 78.7 Å². The van der Waals surface area contributed by atoms with E-state index in [1.54, 1.807) is 0 Å². The van der Waals surface area contributed by atoms with E-state index in [1.165, 1.54) is 19.4 Å². The van der Waals surface area contributed by atoms with Crippen molar-refractivity contribution in [2.45, 2.75) is 196 Å².